The number of carbonyl (C=O) groups excluding carboxylic acids is 2. The molecule has 2 amide bonds. The van der Waals surface area contributed by atoms with E-state index < -0.39 is 0 Å². The van der Waals surface area contributed by atoms with Crippen LogP contribution in [0.5, 0.6) is 11.5 Å². The van der Waals surface area contributed by atoms with Gasteiger partial charge in [-0.15, -0.1) is 0 Å². The van der Waals surface area contributed by atoms with Gasteiger partial charge in [0.1, 0.15) is 0 Å². The first-order valence-electron chi connectivity index (χ1n) is 8.68. The van der Waals surface area contributed by atoms with Crippen LogP contribution in [0.15, 0.2) is 42.5 Å². The summed E-state index contributed by atoms with van der Waals surface area (Å²) in [5.41, 5.74) is 1.91. The van der Waals surface area contributed by atoms with Gasteiger partial charge in [-0.2, -0.15) is 0 Å². The van der Waals surface area contributed by atoms with Crippen molar-refractivity contribution >= 4 is 17.5 Å². The largest absolute Gasteiger partial charge is 0.454 e. The Hall–Kier alpha value is -3.02. The quantitative estimate of drug-likeness (QED) is 0.867. The van der Waals surface area contributed by atoms with Crippen LogP contribution in [0.25, 0.3) is 0 Å². The van der Waals surface area contributed by atoms with Crippen molar-refractivity contribution in [2.75, 3.05) is 12.1 Å². The van der Waals surface area contributed by atoms with E-state index in [0.717, 1.165) is 12.0 Å². The maximum Gasteiger partial charge on any atom is 0.253 e. The van der Waals surface area contributed by atoms with Crippen LogP contribution < -0.4 is 20.1 Å². The van der Waals surface area contributed by atoms with Gasteiger partial charge in [0.15, 0.2) is 11.5 Å². The van der Waals surface area contributed by atoms with E-state index in [0.29, 0.717) is 35.2 Å². The van der Waals surface area contributed by atoms with Gasteiger partial charge in [0.2, 0.25) is 12.7 Å². The number of para-hydroxylation sites is 1. The smallest absolute Gasteiger partial charge is 0.253 e. The van der Waals surface area contributed by atoms with Crippen LogP contribution in [0, 0.1) is 11.8 Å². The topological polar surface area (TPSA) is 76.7 Å². The zero-order valence-electron chi connectivity index (χ0n) is 14.5. The minimum atomic E-state index is -0.234. The molecule has 2 N–H and O–H groups in total. The summed E-state index contributed by atoms with van der Waals surface area (Å²) in [6.07, 6.45) is 0.907. The highest BCUT2D eigenvalue weighted by Gasteiger charge is 2.39. The average molecular weight is 352 g/mol. The molecule has 4 rings (SSSR count). The highest BCUT2D eigenvalue weighted by atomic mass is 16.7. The van der Waals surface area contributed by atoms with Crippen molar-refractivity contribution in [1.82, 2.24) is 5.32 Å². The molecule has 0 radical (unpaired) electrons. The Morgan fingerprint density at radius 2 is 1.88 bits per heavy atom. The molecule has 1 aliphatic carbocycles. The first-order valence-corrected chi connectivity index (χ1v) is 8.68. The van der Waals surface area contributed by atoms with Crippen LogP contribution in [-0.4, -0.2) is 18.6 Å². The van der Waals surface area contributed by atoms with Gasteiger partial charge in [-0.1, -0.05) is 25.1 Å². The summed E-state index contributed by atoms with van der Waals surface area (Å²) >= 11 is 0. The van der Waals surface area contributed by atoms with Crippen LogP contribution >= 0.6 is 0 Å². The van der Waals surface area contributed by atoms with Crippen molar-refractivity contribution in [3.05, 3.63) is 53.6 Å². The number of anilines is 1. The number of rotatable bonds is 5. The minimum absolute atomic E-state index is 0.0199. The summed E-state index contributed by atoms with van der Waals surface area (Å²) in [7, 11) is 0. The van der Waals surface area contributed by atoms with E-state index in [9.17, 15) is 9.59 Å². The third kappa shape index (κ3) is 3.35. The predicted octanol–water partition coefficient (Wildman–Crippen LogP) is 2.94. The van der Waals surface area contributed by atoms with Crippen molar-refractivity contribution < 1.29 is 19.1 Å². The number of benzene rings is 2. The highest BCUT2D eigenvalue weighted by Crippen LogP contribution is 2.38. The molecule has 6 nitrogen and oxygen atoms in total. The number of hydrogen-bond donors (Lipinski definition) is 2. The number of ether oxygens (including phenoxy) is 2. The second-order valence-corrected chi connectivity index (χ2v) is 6.72. The van der Waals surface area contributed by atoms with E-state index in [-0.39, 0.29) is 24.5 Å². The van der Waals surface area contributed by atoms with Gasteiger partial charge in [0.25, 0.3) is 5.91 Å². The standard InChI is InChI=1S/C20H20N2O4/c1-12-8-15(12)20(24)22-16-5-3-2-4-14(16)19(23)21-10-13-6-7-17-18(9-13)26-11-25-17/h2-7,9,12,15H,8,10-11H2,1H3,(H,21,23)(H,22,24). The molecule has 0 bridgehead atoms. The number of amides is 2. The first kappa shape index (κ1) is 16.4. The van der Waals surface area contributed by atoms with Gasteiger partial charge < -0.3 is 20.1 Å². The SMILES string of the molecule is CC1CC1C(=O)Nc1ccccc1C(=O)NCc1ccc2c(c1)OCO2. The molecule has 1 heterocycles. The molecular weight excluding hydrogens is 332 g/mol. The molecule has 1 saturated carbocycles. The maximum absolute atomic E-state index is 12.6. The highest BCUT2D eigenvalue weighted by molar-refractivity contribution is 6.04. The predicted molar refractivity (Wildman–Crippen MR) is 96.1 cm³/mol. The Labute approximate surface area is 151 Å². The number of hydrogen-bond acceptors (Lipinski definition) is 4. The molecule has 26 heavy (non-hydrogen) atoms. The van der Waals surface area contributed by atoms with Crippen molar-refractivity contribution in [3.8, 4) is 11.5 Å². The Morgan fingerprint density at radius 1 is 1.12 bits per heavy atom. The number of carbonyl (C=O) groups is 2. The second-order valence-electron chi connectivity index (χ2n) is 6.72. The van der Waals surface area contributed by atoms with Gasteiger partial charge in [-0.05, 0) is 42.2 Å². The van der Waals surface area contributed by atoms with E-state index in [4.69, 9.17) is 9.47 Å². The third-order valence-corrected chi connectivity index (χ3v) is 4.77. The molecular formula is C20H20N2O4. The van der Waals surface area contributed by atoms with Crippen LogP contribution in [-0.2, 0) is 11.3 Å². The lowest BCUT2D eigenvalue weighted by molar-refractivity contribution is -0.117. The van der Waals surface area contributed by atoms with Crippen LogP contribution in [0.2, 0.25) is 0 Å². The zero-order chi connectivity index (χ0) is 18.1. The fourth-order valence-electron chi connectivity index (χ4n) is 3.03. The summed E-state index contributed by atoms with van der Waals surface area (Å²) in [6.45, 7) is 2.63. The molecule has 1 aliphatic heterocycles. The van der Waals surface area contributed by atoms with Crippen LogP contribution in [0.4, 0.5) is 5.69 Å². The number of fused-ring (bicyclic) bond motifs is 1. The molecule has 0 saturated heterocycles. The molecule has 2 aromatic carbocycles. The molecule has 1 fully saturated rings. The Bertz CT molecular complexity index is 865. The Balaban J connectivity index is 1.42. The molecule has 2 aliphatic rings. The van der Waals surface area contributed by atoms with Crippen molar-refractivity contribution in [1.29, 1.82) is 0 Å². The van der Waals surface area contributed by atoms with E-state index in [2.05, 4.69) is 10.6 Å². The fraction of sp³-hybridized carbons (Fsp3) is 0.300. The third-order valence-electron chi connectivity index (χ3n) is 4.77. The summed E-state index contributed by atoms with van der Waals surface area (Å²) in [5.74, 6) is 1.61. The first-order chi connectivity index (χ1) is 12.6. The van der Waals surface area contributed by atoms with E-state index >= 15 is 0 Å². The number of nitrogens with one attached hydrogen (secondary N) is 2. The van der Waals surface area contributed by atoms with Gasteiger partial charge in [0.05, 0.1) is 11.3 Å². The molecule has 6 heteroatoms. The second kappa shape index (κ2) is 6.71. The average Bonchev–Trinajstić information content (AvgIpc) is 3.20. The summed E-state index contributed by atoms with van der Waals surface area (Å²) in [4.78, 5) is 24.8. The molecule has 134 valence electrons. The van der Waals surface area contributed by atoms with Crippen molar-refractivity contribution in [2.45, 2.75) is 19.9 Å². The molecule has 0 spiro atoms. The van der Waals surface area contributed by atoms with Gasteiger partial charge in [0, 0.05) is 12.5 Å². The molecule has 2 atom stereocenters. The lowest BCUT2D eigenvalue weighted by atomic mass is 10.1. The fourth-order valence-corrected chi connectivity index (χ4v) is 3.03. The monoisotopic (exact) mass is 352 g/mol. The molecule has 2 aromatic rings. The summed E-state index contributed by atoms with van der Waals surface area (Å²) < 4.78 is 10.6. The molecule has 2 unspecified atom stereocenters. The summed E-state index contributed by atoms with van der Waals surface area (Å²) in [5, 5.41) is 5.77. The van der Waals surface area contributed by atoms with Gasteiger partial charge in [-0.25, -0.2) is 0 Å². The molecule has 0 aromatic heterocycles. The lowest BCUT2D eigenvalue weighted by Crippen LogP contribution is -2.25. The van der Waals surface area contributed by atoms with Crippen LogP contribution in [0.1, 0.15) is 29.3 Å². The van der Waals surface area contributed by atoms with Gasteiger partial charge >= 0.3 is 0 Å². The Kier molecular flexibility index (Phi) is 4.24. The maximum atomic E-state index is 12.6. The van der Waals surface area contributed by atoms with E-state index in [1.165, 1.54) is 0 Å². The van der Waals surface area contributed by atoms with Gasteiger partial charge in [-0.3, -0.25) is 9.59 Å². The van der Waals surface area contributed by atoms with Crippen molar-refractivity contribution in [2.24, 2.45) is 11.8 Å². The normalized spacial score (nSPS) is 19.7. The minimum Gasteiger partial charge on any atom is -0.454 e. The van der Waals surface area contributed by atoms with E-state index in [1.54, 1.807) is 24.3 Å². The Morgan fingerprint density at radius 3 is 2.69 bits per heavy atom. The van der Waals surface area contributed by atoms with E-state index in [1.807, 2.05) is 25.1 Å². The zero-order valence-corrected chi connectivity index (χ0v) is 14.5. The lowest BCUT2D eigenvalue weighted by Gasteiger charge is -2.11. The van der Waals surface area contributed by atoms with Crippen LogP contribution in [0.3, 0.4) is 0 Å². The van der Waals surface area contributed by atoms with Crippen molar-refractivity contribution in [3.63, 3.8) is 0 Å². The summed E-state index contributed by atoms with van der Waals surface area (Å²) in [6, 6.07) is 12.6.